The summed E-state index contributed by atoms with van der Waals surface area (Å²) in [6.45, 7) is 4.34. The number of esters is 2. The Kier molecular flexibility index (Phi) is 3.30. The Balaban J connectivity index is 1.67. The van der Waals surface area contributed by atoms with Gasteiger partial charge >= 0.3 is 11.9 Å². The van der Waals surface area contributed by atoms with Crippen LogP contribution in [0.5, 0.6) is 0 Å². The van der Waals surface area contributed by atoms with E-state index in [2.05, 4.69) is 11.3 Å². The van der Waals surface area contributed by atoms with Gasteiger partial charge in [-0.15, -0.1) is 0 Å². The van der Waals surface area contributed by atoms with E-state index in [1.165, 1.54) is 0 Å². The predicted molar refractivity (Wildman–Crippen MR) is 66.4 cm³/mol. The molecule has 9 heteroatoms. The van der Waals surface area contributed by atoms with Crippen molar-refractivity contribution in [2.75, 3.05) is 6.61 Å². The van der Waals surface area contributed by atoms with E-state index in [1.54, 1.807) is 6.92 Å². The lowest BCUT2D eigenvalue weighted by Gasteiger charge is -2.25. The standard InChI is InChI=1S/C12H14O8S/c1-3-6(13)17-4-7(14)18-9-8-5(2)12-11(19-8)10(9)20-21(12,15)16/h3,5,8-12H,1,4H2,2H3. The van der Waals surface area contributed by atoms with Crippen LogP contribution in [0.3, 0.4) is 0 Å². The molecule has 0 N–H and O–H groups in total. The lowest BCUT2D eigenvalue weighted by Crippen LogP contribution is -2.46. The first-order chi connectivity index (χ1) is 9.85. The van der Waals surface area contributed by atoms with Crippen LogP contribution in [0, 0.1) is 5.92 Å². The fraction of sp³-hybridized carbons (Fsp3) is 0.667. The fourth-order valence-corrected chi connectivity index (χ4v) is 5.03. The molecular weight excluding hydrogens is 304 g/mol. The molecule has 116 valence electrons. The summed E-state index contributed by atoms with van der Waals surface area (Å²) in [6, 6.07) is 0. The number of hydrogen-bond acceptors (Lipinski definition) is 8. The second kappa shape index (κ2) is 4.79. The molecule has 0 radical (unpaired) electrons. The first-order valence-electron chi connectivity index (χ1n) is 6.41. The maximum absolute atomic E-state index is 11.9. The van der Waals surface area contributed by atoms with Crippen LogP contribution in [-0.4, -0.2) is 56.6 Å². The highest BCUT2D eigenvalue weighted by Gasteiger charge is 2.70. The van der Waals surface area contributed by atoms with Crippen LogP contribution < -0.4 is 0 Å². The Hall–Kier alpha value is -1.45. The zero-order valence-electron chi connectivity index (χ0n) is 11.1. The Morgan fingerprint density at radius 2 is 2.00 bits per heavy atom. The third kappa shape index (κ3) is 2.16. The number of ether oxygens (including phenoxy) is 3. The molecule has 0 amide bonds. The van der Waals surface area contributed by atoms with Gasteiger partial charge in [-0.05, 0) is 0 Å². The van der Waals surface area contributed by atoms with Crippen LogP contribution in [0.4, 0.5) is 0 Å². The Bertz CT molecular complexity index is 596. The summed E-state index contributed by atoms with van der Waals surface area (Å²) in [7, 11) is -3.69. The molecule has 0 aliphatic carbocycles. The molecule has 21 heavy (non-hydrogen) atoms. The number of rotatable bonds is 4. The Morgan fingerprint density at radius 3 is 2.67 bits per heavy atom. The van der Waals surface area contributed by atoms with E-state index >= 15 is 0 Å². The van der Waals surface area contributed by atoms with Crippen LogP contribution in [0.2, 0.25) is 0 Å². The molecule has 8 nitrogen and oxygen atoms in total. The van der Waals surface area contributed by atoms with Crippen LogP contribution in [0.15, 0.2) is 12.7 Å². The van der Waals surface area contributed by atoms with Crippen molar-refractivity contribution in [3.8, 4) is 0 Å². The molecule has 6 atom stereocenters. The van der Waals surface area contributed by atoms with E-state index in [-0.39, 0.29) is 5.92 Å². The van der Waals surface area contributed by atoms with Gasteiger partial charge in [-0.2, -0.15) is 8.42 Å². The minimum atomic E-state index is -3.69. The summed E-state index contributed by atoms with van der Waals surface area (Å²) in [4.78, 5) is 22.5. The zero-order valence-corrected chi connectivity index (χ0v) is 11.9. The molecule has 3 rings (SSSR count). The van der Waals surface area contributed by atoms with Crippen molar-refractivity contribution in [3.05, 3.63) is 12.7 Å². The molecule has 3 saturated heterocycles. The van der Waals surface area contributed by atoms with Gasteiger partial charge in [0.15, 0.2) is 12.7 Å². The summed E-state index contributed by atoms with van der Waals surface area (Å²) in [6.07, 6.45) is -1.84. The highest BCUT2D eigenvalue weighted by molar-refractivity contribution is 7.87. The van der Waals surface area contributed by atoms with E-state index in [0.717, 1.165) is 6.08 Å². The highest BCUT2D eigenvalue weighted by atomic mass is 32.2. The Morgan fingerprint density at radius 1 is 1.29 bits per heavy atom. The van der Waals surface area contributed by atoms with Gasteiger partial charge in [-0.25, -0.2) is 9.59 Å². The summed E-state index contributed by atoms with van der Waals surface area (Å²) in [5, 5.41) is -0.707. The molecule has 0 saturated carbocycles. The summed E-state index contributed by atoms with van der Waals surface area (Å²) in [5.41, 5.74) is 0. The van der Waals surface area contributed by atoms with E-state index in [4.69, 9.17) is 13.7 Å². The largest absolute Gasteiger partial charge is 0.454 e. The minimum Gasteiger partial charge on any atom is -0.454 e. The molecule has 3 heterocycles. The van der Waals surface area contributed by atoms with Crippen molar-refractivity contribution in [2.24, 2.45) is 5.92 Å². The molecule has 0 aromatic rings. The van der Waals surface area contributed by atoms with Crippen LogP contribution >= 0.6 is 0 Å². The second-order valence-corrected chi connectivity index (χ2v) is 6.93. The molecule has 0 aromatic carbocycles. The maximum Gasteiger partial charge on any atom is 0.344 e. The van der Waals surface area contributed by atoms with Crippen molar-refractivity contribution < 1.29 is 36.4 Å². The van der Waals surface area contributed by atoms with E-state index in [1.807, 2.05) is 0 Å². The molecule has 3 fully saturated rings. The zero-order chi connectivity index (χ0) is 15.4. The third-order valence-corrected chi connectivity index (χ3v) is 5.85. The molecule has 0 spiro atoms. The second-order valence-electron chi connectivity index (χ2n) is 5.21. The van der Waals surface area contributed by atoms with Gasteiger partial charge in [0.2, 0.25) is 0 Å². The number of fused-ring (bicyclic) bond motifs is 1. The summed E-state index contributed by atoms with van der Waals surface area (Å²) < 4.78 is 44.0. The maximum atomic E-state index is 11.9. The average molecular weight is 318 g/mol. The van der Waals surface area contributed by atoms with Crippen LogP contribution in [-0.2, 0) is 38.1 Å². The van der Waals surface area contributed by atoms with E-state index in [0.29, 0.717) is 0 Å². The monoisotopic (exact) mass is 318 g/mol. The van der Waals surface area contributed by atoms with Gasteiger partial charge in [0.25, 0.3) is 10.1 Å². The van der Waals surface area contributed by atoms with Crippen molar-refractivity contribution in [1.82, 2.24) is 0 Å². The third-order valence-electron chi connectivity index (χ3n) is 3.99. The van der Waals surface area contributed by atoms with Gasteiger partial charge in [0.05, 0.1) is 0 Å². The first kappa shape index (κ1) is 14.5. The van der Waals surface area contributed by atoms with Crippen molar-refractivity contribution >= 4 is 22.1 Å². The average Bonchev–Trinajstić information content (AvgIpc) is 2.98. The minimum absolute atomic E-state index is 0.327. The molecular formula is C12H14O8S. The van der Waals surface area contributed by atoms with E-state index in [9.17, 15) is 18.0 Å². The van der Waals surface area contributed by atoms with Crippen LogP contribution in [0.1, 0.15) is 6.92 Å². The van der Waals surface area contributed by atoms with Gasteiger partial charge < -0.3 is 14.2 Å². The van der Waals surface area contributed by atoms with Gasteiger partial charge in [-0.1, -0.05) is 13.5 Å². The smallest absolute Gasteiger partial charge is 0.344 e. The number of carbonyl (C=O) groups excluding carboxylic acids is 2. The summed E-state index contributed by atoms with van der Waals surface area (Å²) >= 11 is 0. The quantitative estimate of drug-likeness (QED) is 0.375. The topological polar surface area (TPSA) is 105 Å². The van der Waals surface area contributed by atoms with Crippen LogP contribution in [0.25, 0.3) is 0 Å². The van der Waals surface area contributed by atoms with Crippen molar-refractivity contribution in [2.45, 2.75) is 36.6 Å². The van der Waals surface area contributed by atoms with Gasteiger partial charge in [0.1, 0.15) is 23.6 Å². The van der Waals surface area contributed by atoms with E-state index < -0.39 is 58.3 Å². The van der Waals surface area contributed by atoms with Crippen molar-refractivity contribution in [3.63, 3.8) is 0 Å². The molecule has 3 aliphatic heterocycles. The summed E-state index contributed by atoms with van der Waals surface area (Å²) in [5.74, 6) is -1.86. The lowest BCUT2D eigenvalue weighted by molar-refractivity contribution is -0.165. The number of carbonyl (C=O) groups is 2. The Labute approximate surface area is 121 Å². The predicted octanol–water partition coefficient (Wildman–Crippen LogP) is -0.858. The highest BCUT2D eigenvalue weighted by Crippen LogP contribution is 2.50. The molecule has 6 unspecified atom stereocenters. The number of hydrogen-bond donors (Lipinski definition) is 0. The lowest BCUT2D eigenvalue weighted by atomic mass is 9.86. The van der Waals surface area contributed by atoms with Crippen molar-refractivity contribution in [1.29, 1.82) is 0 Å². The molecule has 3 aliphatic rings. The SMILES string of the molecule is C=CC(=O)OCC(=O)OC1C2OC3C1OS(=O)(=O)C3C2C. The van der Waals surface area contributed by atoms with Gasteiger partial charge in [-0.3, -0.25) is 4.18 Å². The van der Waals surface area contributed by atoms with Gasteiger partial charge in [0, 0.05) is 12.0 Å². The molecule has 0 aromatic heterocycles. The first-order valence-corrected chi connectivity index (χ1v) is 7.88. The normalized spacial score (nSPS) is 41.8. The fourth-order valence-electron chi connectivity index (χ4n) is 3.15. The molecule has 2 bridgehead atoms.